The highest BCUT2D eigenvalue weighted by atomic mass is 16.3. The van der Waals surface area contributed by atoms with E-state index < -0.39 is 0 Å². The molecule has 18 heavy (non-hydrogen) atoms. The number of rotatable bonds is 1. The van der Waals surface area contributed by atoms with Crippen molar-refractivity contribution >= 4 is 0 Å². The number of nitrogens with two attached hydrogens (primary N) is 1. The molecule has 3 heteroatoms. The van der Waals surface area contributed by atoms with Gasteiger partial charge < -0.3 is 15.9 Å². The first kappa shape index (κ1) is 11.1. The van der Waals surface area contributed by atoms with Crippen LogP contribution < -0.4 is 5.73 Å². The van der Waals surface area contributed by atoms with Crippen LogP contribution >= 0.6 is 0 Å². The average molecular weight is 241 g/mol. The highest BCUT2D eigenvalue weighted by molar-refractivity contribution is 5.58. The molecule has 2 aromatic rings. The topological polar surface area (TPSA) is 66.5 Å². The van der Waals surface area contributed by atoms with Crippen molar-refractivity contribution in [3.05, 3.63) is 58.7 Å². The lowest BCUT2D eigenvalue weighted by Crippen LogP contribution is -2.21. The first-order valence-electron chi connectivity index (χ1n) is 6.04. The van der Waals surface area contributed by atoms with Crippen LogP contribution in [0.15, 0.2) is 36.4 Å². The Kier molecular flexibility index (Phi) is 2.49. The summed E-state index contributed by atoms with van der Waals surface area (Å²) in [6.07, 6.45) is 0.641. The minimum absolute atomic E-state index is 0.0135. The Balaban J connectivity index is 2.23. The molecule has 0 fully saturated rings. The van der Waals surface area contributed by atoms with Crippen LogP contribution in [0.25, 0.3) is 0 Å². The van der Waals surface area contributed by atoms with Crippen molar-refractivity contribution in [1.82, 2.24) is 0 Å². The van der Waals surface area contributed by atoms with Crippen LogP contribution in [0, 0.1) is 0 Å². The molecule has 0 saturated carbocycles. The van der Waals surface area contributed by atoms with Crippen LogP contribution in [0.3, 0.4) is 0 Å². The number of phenols is 2. The van der Waals surface area contributed by atoms with Crippen LogP contribution in [-0.4, -0.2) is 16.8 Å². The second kappa shape index (κ2) is 4.03. The first-order valence-corrected chi connectivity index (χ1v) is 6.04. The van der Waals surface area contributed by atoms with Gasteiger partial charge in [-0.15, -0.1) is 0 Å². The molecule has 1 atom stereocenters. The van der Waals surface area contributed by atoms with Gasteiger partial charge >= 0.3 is 0 Å². The number of phenolic OH excluding ortho intramolecular Hbond substituents is 2. The molecular weight excluding hydrogens is 226 g/mol. The van der Waals surface area contributed by atoms with Crippen LogP contribution in [0.5, 0.6) is 11.5 Å². The molecule has 0 spiro atoms. The maximum absolute atomic E-state index is 9.99. The fourth-order valence-corrected chi connectivity index (χ4v) is 2.80. The Bertz CT molecular complexity index is 607. The van der Waals surface area contributed by atoms with Gasteiger partial charge in [0.25, 0.3) is 0 Å². The van der Waals surface area contributed by atoms with Crippen LogP contribution in [0.1, 0.15) is 28.2 Å². The summed E-state index contributed by atoms with van der Waals surface area (Å²) in [4.78, 5) is 0. The van der Waals surface area contributed by atoms with Gasteiger partial charge in [-0.1, -0.05) is 30.3 Å². The van der Waals surface area contributed by atoms with Gasteiger partial charge in [0.2, 0.25) is 0 Å². The lowest BCUT2D eigenvalue weighted by molar-refractivity contribution is 0.398. The van der Waals surface area contributed by atoms with E-state index in [1.807, 2.05) is 24.3 Å². The van der Waals surface area contributed by atoms with Crippen molar-refractivity contribution < 1.29 is 10.2 Å². The maximum Gasteiger partial charge on any atom is 0.161 e. The standard InChI is InChI=1S/C15H15NO2/c16-8-13-10-4-2-1-3-9(10)7-12-11(13)5-6-14(17)15(12)18/h1-6,13,17-18H,7-8,16H2/t13-/m1/s1. The predicted molar refractivity (Wildman–Crippen MR) is 69.9 cm³/mol. The molecule has 92 valence electrons. The monoisotopic (exact) mass is 241 g/mol. The van der Waals surface area contributed by atoms with E-state index in [1.54, 1.807) is 0 Å². The van der Waals surface area contributed by atoms with Gasteiger partial charge in [0, 0.05) is 24.4 Å². The number of aromatic hydroxyl groups is 2. The van der Waals surface area contributed by atoms with Gasteiger partial charge in [-0.05, 0) is 22.8 Å². The minimum atomic E-state index is -0.0658. The smallest absolute Gasteiger partial charge is 0.161 e. The van der Waals surface area contributed by atoms with Gasteiger partial charge in [0.1, 0.15) is 0 Å². The summed E-state index contributed by atoms with van der Waals surface area (Å²) >= 11 is 0. The zero-order chi connectivity index (χ0) is 12.7. The van der Waals surface area contributed by atoms with Crippen LogP contribution in [0.4, 0.5) is 0 Å². The molecule has 3 rings (SSSR count). The van der Waals surface area contributed by atoms with E-state index in [2.05, 4.69) is 6.07 Å². The lowest BCUT2D eigenvalue weighted by Gasteiger charge is -2.28. The molecule has 0 heterocycles. The van der Waals surface area contributed by atoms with Crippen LogP contribution in [0.2, 0.25) is 0 Å². The second-order valence-electron chi connectivity index (χ2n) is 4.66. The Morgan fingerprint density at radius 1 is 1.06 bits per heavy atom. The molecule has 0 bridgehead atoms. The number of hydrogen-bond donors (Lipinski definition) is 3. The first-order chi connectivity index (χ1) is 8.72. The van der Waals surface area contributed by atoms with Gasteiger partial charge in [-0.25, -0.2) is 0 Å². The van der Waals surface area contributed by atoms with Crippen molar-refractivity contribution in [3.8, 4) is 11.5 Å². The summed E-state index contributed by atoms with van der Waals surface area (Å²) in [5, 5.41) is 19.6. The zero-order valence-electron chi connectivity index (χ0n) is 9.93. The normalized spacial score (nSPS) is 17.1. The van der Waals surface area contributed by atoms with Crippen molar-refractivity contribution in [2.45, 2.75) is 12.3 Å². The van der Waals surface area contributed by atoms with E-state index in [-0.39, 0.29) is 17.4 Å². The van der Waals surface area contributed by atoms with E-state index in [0.29, 0.717) is 13.0 Å². The van der Waals surface area contributed by atoms with Crippen LogP contribution in [-0.2, 0) is 6.42 Å². The molecule has 0 amide bonds. The Morgan fingerprint density at radius 2 is 1.83 bits per heavy atom. The third-order valence-corrected chi connectivity index (χ3v) is 3.71. The van der Waals surface area contributed by atoms with Gasteiger partial charge in [0.05, 0.1) is 0 Å². The van der Waals surface area contributed by atoms with E-state index in [1.165, 1.54) is 17.2 Å². The SMILES string of the molecule is NC[C@@H]1c2ccccc2Cc2c1ccc(O)c2O. The second-order valence-corrected chi connectivity index (χ2v) is 4.66. The van der Waals surface area contributed by atoms with Gasteiger partial charge in [-0.3, -0.25) is 0 Å². The Morgan fingerprint density at radius 3 is 2.61 bits per heavy atom. The van der Waals surface area contributed by atoms with Gasteiger partial charge in [-0.2, -0.15) is 0 Å². The quantitative estimate of drug-likeness (QED) is 0.670. The summed E-state index contributed by atoms with van der Waals surface area (Å²) in [5.41, 5.74) is 10.1. The molecule has 3 nitrogen and oxygen atoms in total. The molecule has 0 saturated heterocycles. The van der Waals surface area contributed by atoms with E-state index in [9.17, 15) is 10.2 Å². The molecule has 0 aliphatic heterocycles. The van der Waals surface area contributed by atoms with E-state index >= 15 is 0 Å². The summed E-state index contributed by atoms with van der Waals surface area (Å²) in [6, 6.07) is 11.5. The summed E-state index contributed by atoms with van der Waals surface area (Å²) < 4.78 is 0. The molecule has 0 radical (unpaired) electrons. The lowest BCUT2D eigenvalue weighted by atomic mass is 9.78. The summed E-state index contributed by atoms with van der Waals surface area (Å²) in [7, 11) is 0. The van der Waals surface area contributed by atoms with Crippen molar-refractivity contribution in [1.29, 1.82) is 0 Å². The highest BCUT2D eigenvalue weighted by Gasteiger charge is 2.27. The average Bonchev–Trinajstić information content (AvgIpc) is 2.41. The van der Waals surface area contributed by atoms with E-state index in [0.717, 1.165) is 11.1 Å². The molecule has 2 aromatic carbocycles. The predicted octanol–water partition coefficient (Wildman–Crippen LogP) is 2.09. The van der Waals surface area contributed by atoms with Crippen molar-refractivity contribution in [2.24, 2.45) is 5.73 Å². The Hall–Kier alpha value is -2.00. The molecule has 0 unspecified atom stereocenters. The third kappa shape index (κ3) is 1.48. The highest BCUT2D eigenvalue weighted by Crippen LogP contribution is 2.42. The zero-order valence-corrected chi connectivity index (χ0v) is 9.93. The molecule has 4 N–H and O–H groups in total. The summed E-state index contributed by atoms with van der Waals surface area (Å²) in [6.45, 7) is 0.494. The van der Waals surface area contributed by atoms with E-state index in [4.69, 9.17) is 5.73 Å². The maximum atomic E-state index is 9.99. The largest absolute Gasteiger partial charge is 0.504 e. The fraction of sp³-hybridized carbons (Fsp3) is 0.200. The molecule has 1 aliphatic rings. The van der Waals surface area contributed by atoms with Gasteiger partial charge in [0.15, 0.2) is 11.5 Å². The number of benzene rings is 2. The van der Waals surface area contributed by atoms with Crippen molar-refractivity contribution in [3.63, 3.8) is 0 Å². The molecule has 0 aromatic heterocycles. The Labute approximate surface area is 106 Å². The van der Waals surface area contributed by atoms with Crippen molar-refractivity contribution in [2.75, 3.05) is 6.54 Å². The molecule has 1 aliphatic carbocycles. The third-order valence-electron chi connectivity index (χ3n) is 3.71. The number of hydrogen-bond acceptors (Lipinski definition) is 3. The molecular formula is C15H15NO2. The minimum Gasteiger partial charge on any atom is -0.504 e. The summed E-state index contributed by atoms with van der Waals surface area (Å²) in [5.74, 6) is 0.0146. The fourth-order valence-electron chi connectivity index (χ4n) is 2.80. The number of fused-ring (bicyclic) bond motifs is 2.